The van der Waals surface area contributed by atoms with Crippen LogP contribution in [0.15, 0.2) is 29.3 Å². The van der Waals surface area contributed by atoms with Gasteiger partial charge in [-0.1, -0.05) is 45.0 Å². The molecule has 0 aliphatic carbocycles. The van der Waals surface area contributed by atoms with E-state index in [4.69, 9.17) is 5.73 Å². The molecule has 128 valence electrons. The number of rotatable bonds is 6. The zero-order valence-corrected chi connectivity index (χ0v) is 15.0. The predicted molar refractivity (Wildman–Crippen MR) is 98.4 cm³/mol. The molecular formula is C19H32N4. The van der Waals surface area contributed by atoms with Crippen LogP contribution in [-0.2, 0) is 13.1 Å². The van der Waals surface area contributed by atoms with Crippen LogP contribution >= 0.6 is 0 Å². The predicted octanol–water partition coefficient (Wildman–Crippen LogP) is 3.08. The minimum atomic E-state index is 0.675. The largest absolute Gasteiger partial charge is 0.370 e. The number of likely N-dealkylation sites (tertiary alicyclic amines) is 1. The monoisotopic (exact) mass is 316 g/mol. The first-order chi connectivity index (χ1) is 11.1. The smallest absolute Gasteiger partial charge is 0.191 e. The van der Waals surface area contributed by atoms with E-state index >= 15 is 0 Å². The number of piperidine rings is 1. The Bertz CT molecular complexity index is 508. The van der Waals surface area contributed by atoms with E-state index in [1.54, 1.807) is 0 Å². The van der Waals surface area contributed by atoms with Crippen LogP contribution in [0, 0.1) is 5.92 Å². The molecular weight excluding hydrogens is 284 g/mol. The van der Waals surface area contributed by atoms with Crippen molar-refractivity contribution in [3.8, 4) is 0 Å². The third-order valence-electron chi connectivity index (χ3n) is 4.80. The molecule has 1 saturated heterocycles. The molecule has 0 bridgehead atoms. The highest BCUT2D eigenvalue weighted by molar-refractivity contribution is 5.78. The van der Waals surface area contributed by atoms with Crippen molar-refractivity contribution in [2.45, 2.75) is 46.7 Å². The fourth-order valence-corrected chi connectivity index (χ4v) is 3.22. The second-order valence-corrected chi connectivity index (χ2v) is 6.60. The first-order valence-corrected chi connectivity index (χ1v) is 8.98. The van der Waals surface area contributed by atoms with Crippen LogP contribution < -0.4 is 5.73 Å². The molecule has 0 radical (unpaired) electrons. The minimum Gasteiger partial charge on any atom is -0.370 e. The van der Waals surface area contributed by atoms with Gasteiger partial charge in [-0.3, -0.25) is 4.90 Å². The molecule has 0 spiro atoms. The number of nitrogens with zero attached hydrogens (tertiary/aromatic N) is 3. The molecule has 1 heterocycles. The molecule has 0 amide bonds. The number of hydrogen-bond acceptors (Lipinski definition) is 2. The molecule has 23 heavy (non-hydrogen) atoms. The Morgan fingerprint density at radius 3 is 2.61 bits per heavy atom. The van der Waals surface area contributed by atoms with E-state index in [-0.39, 0.29) is 0 Å². The van der Waals surface area contributed by atoms with Crippen molar-refractivity contribution in [3.63, 3.8) is 0 Å². The Kier molecular flexibility index (Phi) is 6.90. The van der Waals surface area contributed by atoms with E-state index in [1.807, 2.05) is 0 Å². The number of benzene rings is 1. The van der Waals surface area contributed by atoms with Crippen LogP contribution in [0.2, 0.25) is 0 Å². The molecule has 1 atom stereocenters. The maximum atomic E-state index is 6.23. The molecule has 1 fully saturated rings. The Hall–Kier alpha value is -1.55. The summed E-state index contributed by atoms with van der Waals surface area (Å²) in [6.45, 7) is 12.6. The van der Waals surface area contributed by atoms with Crippen LogP contribution in [-0.4, -0.2) is 41.9 Å². The van der Waals surface area contributed by atoms with Crippen molar-refractivity contribution in [3.05, 3.63) is 35.4 Å². The van der Waals surface area contributed by atoms with Gasteiger partial charge in [0, 0.05) is 19.6 Å². The lowest BCUT2D eigenvalue weighted by atomic mass is 10.0. The van der Waals surface area contributed by atoms with Gasteiger partial charge in [0.1, 0.15) is 0 Å². The van der Waals surface area contributed by atoms with Gasteiger partial charge in [-0.2, -0.15) is 0 Å². The van der Waals surface area contributed by atoms with E-state index in [0.717, 1.165) is 32.7 Å². The quantitative estimate of drug-likeness (QED) is 0.648. The van der Waals surface area contributed by atoms with Gasteiger partial charge in [-0.15, -0.1) is 0 Å². The highest BCUT2D eigenvalue weighted by Gasteiger charge is 2.17. The molecule has 1 aromatic carbocycles. The normalized spacial score (nSPS) is 19.4. The fourth-order valence-electron chi connectivity index (χ4n) is 3.22. The van der Waals surface area contributed by atoms with E-state index < -0.39 is 0 Å². The van der Waals surface area contributed by atoms with Gasteiger partial charge in [0.25, 0.3) is 0 Å². The van der Waals surface area contributed by atoms with Gasteiger partial charge < -0.3 is 10.6 Å². The number of guanidine groups is 1. The first kappa shape index (κ1) is 17.8. The van der Waals surface area contributed by atoms with Crippen molar-refractivity contribution >= 4 is 5.96 Å². The molecule has 2 rings (SSSR count). The molecule has 4 nitrogen and oxygen atoms in total. The van der Waals surface area contributed by atoms with Crippen LogP contribution in [0.3, 0.4) is 0 Å². The maximum absolute atomic E-state index is 6.23. The summed E-state index contributed by atoms with van der Waals surface area (Å²) in [6, 6.07) is 8.59. The van der Waals surface area contributed by atoms with E-state index in [0.29, 0.717) is 18.4 Å². The van der Waals surface area contributed by atoms with E-state index in [2.05, 4.69) is 59.8 Å². The van der Waals surface area contributed by atoms with E-state index in [9.17, 15) is 0 Å². The van der Waals surface area contributed by atoms with Crippen molar-refractivity contribution in [2.24, 2.45) is 16.6 Å². The van der Waals surface area contributed by atoms with Crippen molar-refractivity contribution in [1.82, 2.24) is 9.80 Å². The summed E-state index contributed by atoms with van der Waals surface area (Å²) < 4.78 is 0. The SMILES string of the molecule is CCN(CC)Cc1ccccc1CN=C(N)N1CCCC(C)C1. The van der Waals surface area contributed by atoms with Crippen molar-refractivity contribution in [2.75, 3.05) is 26.2 Å². The maximum Gasteiger partial charge on any atom is 0.191 e. The highest BCUT2D eigenvalue weighted by Crippen LogP contribution is 2.16. The molecule has 0 saturated carbocycles. The summed E-state index contributed by atoms with van der Waals surface area (Å²) in [5, 5.41) is 0. The van der Waals surface area contributed by atoms with Gasteiger partial charge in [-0.05, 0) is 43.0 Å². The third kappa shape index (κ3) is 5.24. The Morgan fingerprint density at radius 2 is 1.96 bits per heavy atom. The Labute approximate surface area is 141 Å². The number of hydrogen-bond donors (Lipinski definition) is 1. The zero-order chi connectivity index (χ0) is 16.7. The standard InChI is InChI=1S/C19H32N4/c1-4-22(5-2)15-18-11-7-6-10-17(18)13-21-19(20)23-12-8-9-16(3)14-23/h6-7,10-11,16H,4-5,8-9,12-15H2,1-3H3,(H2,20,21). The first-order valence-electron chi connectivity index (χ1n) is 8.98. The average Bonchev–Trinajstić information content (AvgIpc) is 2.58. The number of aliphatic imine (C=N–C) groups is 1. The Balaban J connectivity index is 2.03. The molecule has 4 heteroatoms. The topological polar surface area (TPSA) is 44.9 Å². The minimum absolute atomic E-state index is 0.675. The summed E-state index contributed by atoms with van der Waals surface area (Å²) in [5.74, 6) is 1.42. The lowest BCUT2D eigenvalue weighted by molar-refractivity contribution is 0.270. The molecule has 1 unspecified atom stereocenters. The van der Waals surface area contributed by atoms with Gasteiger partial charge >= 0.3 is 0 Å². The molecule has 1 aliphatic rings. The lowest BCUT2D eigenvalue weighted by Gasteiger charge is -2.31. The third-order valence-corrected chi connectivity index (χ3v) is 4.80. The van der Waals surface area contributed by atoms with Gasteiger partial charge in [-0.25, -0.2) is 4.99 Å². The second-order valence-electron chi connectivity index (χ2n) is 6.60. The second kappa shape index (κ2) is 8.92. The summed E-state index contributed by atoms with van der Waals surface area (Å²) in [4.78, 5) is 9.34. The summed E-state index contributed by atoms with van der Waals surface area (Å²) in [6.07, 6.45) is 2.52. The van der Waals surface area contributed by atoms with Crippen molar-refractivity contribution < 1.29 is 0 Å². The summed E-state index contributed by atoms with van der Waals surface area (Å²) in [5.41, 5.74) is 8.87. The van der Waals surface area contributed by atoms with Crippen LogP contribution in [0.5, 0.6) is 0 Å². The highest BCUT2D eigenvalue weighted by atomic mass is 15.3. The average molecular weight is 316 g/mol. The van der Waals surface area contributed by atoms with E-state index in [1.165, 1.54) is 24.0 Å². The number of nitrogens with two attached hydrogens (primary N) is 1. The van der Waals surface area contributed by atoms with Crippen LogP contribution in [0.25, 0.3) is 0 Å². The fraction of sp³-hybridized carbons (Fsp3) is 0.632. The summed E-state index contributed by atoms with van der Waals surface area (Å²) >= 11 is 0. The Morgan fingerprint density at radius 1 is 1.26 bits per heavy atom. The van der Waals surface area contributed by atoms with Gasteiger partial charge in [0.05, 0.1) is 6.54 Å². The summed E-state index contributed by atoms with van der Waals surface area (Å²) in [7, 11) is 0. The van der Waals surface area contributed by atoms with Gasteiger partial charge in [0.15, 0.2) is 5.96 Å². The van der Waals surface area contributed by atoms with Crippen molar-refractivity contribution in [1.29, 1.82) is 0 Å². The molecule has 1 aliphatic heterocycles. The molecule has 2 N–H and O–H groups in total. The zero-order valence-electron chi connectivity index (χ0n) is 15.0. The lowest BCUT2D eigenvalue weighted by Crippen LogP contribution is -2.43. The van der Waals surface area contributed by atoms with Crippen LogP contribution in [0.4, 0.5) is 0 Å². The molecule has 1 aromatic rings. The van der Waals surface area contributed by atoms with Crippen LogP contribution in [0.1, 0.15) is 44.7 Å². The van der Waals surface area contributed by atoms with Gasteiger partial charge in [0.2, 0.25) is 0 Å². The molecule has 0 aromatic heterocycles.